The molecule has 20 heteroatoms. The van der Waals surface area contributed by atoms with Crippen molar-refractivity contribution in [2.24, 2.45) is 0 Å². The van der Waals surface area contributed by atoms with Crippen LogP contribution < -0.4 is 10.6 Å². The van der Waals surface area contributed by atoms with Gasteiger partial charge in [-0.15, -0.1) is 0 Å². The Morgan fingerprint density at radius 2 is 0.870 bits per heavy atom. The molecule has 0 aliphatic carbocycles. The highest BCUT2D eigenvalue weighted by atomic mass is 31.2. The zero-order valence-electron chi connectivity index (χ0n) is 59.0. The summed E-state index contributed by atoms with van der Waals surface area (Å²) in [4.78, 5) is 46.3. The van der Waals surface area contributed by atoms with Gasteiger partial charge in [0.05, 0.1) is 31.5 Å². The molecule has 0 aromatic carbocycles. The monoisotopic (exact) mass is 1340 g/mol. The van der Waals surface area contributed by atoms with Crippen molar-refractivity contribution in [3.05, 3.63) is 0 Å². The minimum absolute atomic E-state index is 0.0192. The Bertz CT molecular complexity index is 1740. The Labute approximate surface area is 559 Å². The van der Waals surface area contributed by atoms with Gasteiger partial charge in [-0.25, -0.2) is 9.36 Å². The summed E-state index contributed by atoms with van der Waals surface area (Å²) in [6, 6.07) is -2.26. The number of aliphatic hydroxyl groups is 3. The van der Waals surface area contributed by atoms with Crippen LogP contribution in [0.4, 0.5) is 0 Å². The standard InChI is InChI=1S/C72H141N2O17P/c1-6-9-12-15-18-21-22-25-30-35-40-45-53-85-54-46-41-36-31-26-23-24-27-32-37-42-47-55-86-69-65(74-59(4)75)72(90-63(57-84-5)67(69)91-92(81,82)83)88-58-62-66(78)68(87-56-51-61(77)49-44-39-34-29-20-17-14-11-8-3)64(70(89-62)71(79)80)73-52-50-60(76)48-43-38-33-28-19-16-13-10-7-2/h60-70,72-73,76-78H,6-58H2,1-5H3,(H,74,75)(H,79,80)(H2,81,82,83)/t60?,61?,62-,63-,64-,65-,66-,67-,68-,69-,70+,72-/m1/s1. The number of carboxylic acids is 1. The van der Waals surface area contributed by atoms with Crippen LogP contribution in [0.1, 0.15) is 323 Å². The van der Waals surface area contributed by atoms with E-state index >= 15 is 0 Å². The molecule has 2 saturated heterocycles. The Balaban J connectivity index is 1.99. The number of phosphoric ester groups is 1. The third-order valence-electron chi connectivity index (χ3n) is 18.5. The number of carboxylic acid groups (broad SMARTS) is 1. The molecule has 19 nitrogen and oxygen atoms in total. The van der Waals surface area contributed by atoms with Gasteiger partial charge in [-0.05, 0) is 51.5 Å². The minimum atomic E-state index is -5.16. The molecule has 2 unspecified atom stereocenters. The van der Waals surface area contributed by atoms with E-state index < -0.39 is 99.6 Å². The fourth-order valence-corrected chi connectivity index (χ4v) is 13.6. The maximum Gasteiger partial charge on any atom is 0.470 e. The largest absolute Gasteiger partial charge is 0.479 e. The number of hydrogen-bond donors (Lipinski definition) is 8. The first-order chi connectivity index (χ1) is 44.7. The molecule has 2 aliphatic rings. The number of ether oxygens (including phenoxy) is 7. The van der Waals surface area contributed by atoms with Crippen LogP contribution in [0.15, 0.2) is 0 Å². The van der Waals surface area contributed by atoms with Crippen LogP contribution in [0.5, 0.6) is 0 Å². The number of aliphatic hydroxyl groups excluding tert-OH is 3. The molecular weight excluding hydrogens is 1200 g/mol. The molecule has 2 aliphatic heterocycles. The number of methoxy groups -OCH3 is 1. The van der Waals surface area contributed by atoms with Crippen LogP contribution in [0, 0.1) is 0 Å². The highest BCUT2D eigenvalue weighted by Crippen LogP contribution is 2.42. The molecule has 2 fully saturated rings. The normalized spacial score (nSPS) is 22.7. The molecule has 1 amide bonds. The lowest BCUT2D eigenvalue weighted by molar-refractivity contribution is -0.290. The number of aliphatic carboxylic acids is 1. The average molecular weight is 1340 g/mol. The van der Waals surface area contributed by atoms with E-state index in [4.69, 9.17) is 37.7 Å². The quantitative estimate of drug-likeness (QED) is 0.0208. The van der Waals surface area contributed by atoms with E-state index in [-0.39, 0.29) is 32.8 Å². The van der Waals surface area contributed by atoms with E-state index in [1.165, 1.54) is 207 Å². The number of amides is 1. The third-order valence-corrected chi connectivity index (χ3v) is 19.0. The van der Waals surface area contributed by atoms with Gasteiger partial charge in [0.1, 0.15) is 42.7 Å². The number of hydrogen-bond acceptors (Lipinski definition) is 15. The van der Waals surface area contributed by atoms with E-state index in [1.54, 1.807) is 0 Å². The molecule has 0 bridgehead atoms. The SMILES string of the molecule is CCCCCCCCCCCCCCOCCCCCCCCCCCCCCO[C@@H]1[C@@H](NC(C)=O)[C@H](OC[C@H]2O[C@H](C(=O)O)[C@H](NCCC(O)CCCCCCCCCCC)[C@@H](OCCC(O)CCCCCCCCCCC)[C@@H]2O)O[C@H](COC)[C@H]1OP(=O)(O)O. The maximum atomic E-state index is 13.1. The van der Waals surface area contributed by atoms with Crippen molar-refractivity contribution in [3.8, 4) is 0 Å². The first kappa shape index (κ1) is 86.7. The molecule has 2 heterocycles. The summed E-state index contributed by atoms with van der Waals surface area (Å²) in [6.45, 7) is 9.47. The summed E-state index contributed by atoms with van der Waals surface area (Å²) in [5.74, 6) is -1.84. The third kappa shape index (κ3) is 44.5. The van der Waals surface area contributed by atoms with Crippen LogP contribution in [0.2, 0.25) is 0 Å². The van der Waals surface area contributed by atoms with Gasteiger partial charge in [-0.2, -0.15) is 0 Å². The van der Waals surface area contributed by atoms with Gasteiger partial charge in [-0.1, -0.05) is 271 Å². The predicted molar refractivity (Wildman–Crippen MR) is 367 cm³/mol. The number of nitrogens with one attached hydrogen (secondary N) is 2. The van der Waals surface area contributed by atoms with Crippen molar-refractivity contribution in [1.29, 1.82) is 0 Å². The van der Waals surface area contributed by atoms with Crippen molar-refractivity contribution in [2.45, 2.75) is 396 Å². The molecule has 0 aromatic rings. The summed E-state index contributed by atoms with van der Waals surface area (Å²) in [5.41, 5.74) is 0. The maximum absolute atomic E-state index is 13.1. The zero-order valence-corrected chi connectivity index (χ0v) is 59.9. The molecule has 546 valence electrons. The Hall–Kier alpha value is -1.39. The topological polar surface area (TPSA) is 270 Å². The second-order valence-electron chi connectivity index (χ2n) is 27.1. The lowest BCUT2D eigenvalue weighted by atomic mass is 9.92. The lowest BCUT2D eigenvalue weighted by Gasteiger charge is -2.47. The van der Waals surface area contributed by atoms with Crippen LogP contribution in [0.25, 0.3) is 0 Å². The molecule has 8 N–H and O–H groups in total. The van der Waals surface area contributed by atoms with Crippen molar-refractivity contribution in [2.75, 3.05) is 53.3 Å². The van der Waals surface area contributed by atoms with Crippen LogP contribution in [0.3, 0.4) is 0 Å². The zero-order chi connectivity index (χ0) is 67.1. The van der Waals surface area contributed by atoms with Crippen LogP contribution >= 0.6 is 7.82 Å². The molecule has 2 rings (SSSR count). The van der Waals surface area contributed by atoms with Gasteiger partial charge in [0.25, 0.3) is 0 Å². The van der Waals surface area contributed by atoms with Crippen molar-refractivity contribution < 1.29 is 82.0 Å². The second-order valence-corrected chi connectivity index (χ2v) is 28.2. The molecule has 12 atom stereocenters. The van der Waals surface area contributed by atoms with Crippen molar-refractivity contribution in [3.63, 3.8) is 0 Å². The Morgan fingerprint density at radius 1 is 0.467 bits per heavy atom. The van der Waals surface area contributed by atoms with Gasteiger partial charge >= 0.3 is 13.8 Å². The smallest absolute Gasteiger partial charge is 0.470 e. The predicted octanol–water partition coefficient (Wildman–Crippen LogP) is 15.0. The second kappa shape index (κ2) is 58.6. The van der Waals surface area contributed by atoms with Gasteiger partial charge in [0, 0.05) is 40.5 Å². The summed E-state index contributed by atoms with van der Waals surface area (Å²) in [5, 5.41) is 50.8. The molecule has 0 radical (unpaired) electrons. The van der Waals surface area contributed by atoms with Crippen molar-refractivity contribution >= 4 is 19.7 Å². The lowest BCUT2D eigenvalue weighted by Crippen LogP contribution is -2.68. The number of unbranched alkanes of at least 4 members (excludes halogenated alkanes) is 38. The summed E-state index contributed by atoms with van der Waals surface area (Å²) >= 11 is 0. The van der Waals surface area contributed by atoms with Crippen LogP contribution in [-0.2, 0) is 51.8 Å². The fourth-order valence-electron chi connectivity index (χ4n) is 13.0. The summed E-state index contributed by atoms with van der Waals surface area (Å²) < 4.78 is 60.8. The van der Waals surface area contributed by atoms with E-state index in [9.17, 15) is 44.4 Å². The van der Waals surface area contributed by atoms with E-state index in [0.29, 0.717) is 25.7 Å². The van der Waals surface area contributed by atoms with Crippen LogP contribution in [-0.4, -0.2) is 169 Å². The van der Waals surface area contributed by atoms with Crippen molar-refractivity contribution in [1.82, 2.24) is 10.6 Å². The van der Waals surface area contributed by atoms with E-state index in [1.807, 2.05) is 0 Å². The molecule has 0 spiro atoms. The highest BCUT2D eigenvalue weighted by molar-refractivity contribution is 7.46. The summed E-state index contributed by atoms with van der Waals surface area (Å²) in [7, 11) is -3.77. The van der Waals surface area contributed by atoms with Gasteiger partial charge in [-0.3, -0.25) is 9.32 Å². The first-order valence-electron chi connectivity index (χ1n) is 37.9. The number of carbonyl (C=O) groups excluding carboxylic acids is 1. The van der Waals surface area contributed by atoms with E-state index in [2.05, 4.69) is 31.4 Å². The molecular formula is C72H141N2O17P. The minimum Gasteiger partial charge on any atom is -0.479 e. The van der Waals surface area contributed by atoms with E-state index in [0.717, 1.165) is 83.8 Å². The summed E-state index contributed by atoms with van der Waals surface area (Å²) in [6.07, 6.45) is 40.2. The highest BCUT2D eigenvalue weighted by Gasteiger charge is 2.53. The molecule has 92 heavy (non-hydrogen) atoms. The number of carbonyl (C=O) groups is 2. The van der Waals surface area contributed by atoms with Gasteiger partial charge in [0.15, 0.2) is 12.4 Å². The molecule has 0 aromatic heterocycles. The Kier molecular flexibility index (Phi) is 55.2. The number of rotatable bonds is 66. The fraction of sp³-hybridized carbons (Fsp3) is 0.972. The number of phosphoric acid groups is 1. The van der Waals surface area contributed by atoms with Gasteiger partial charge in [0.2, 0.25) is 5.91 Å². The van der Waals surface area contributed by atoms with Gasteiger partial charge < -0.3 is 74.0 Å². The average Bonchev–Trinajstić information content (AvgIpc) is 0.850. The first-order valence-corrected chi connectivity index (χ1v) is 39.4. The Morgan fingerprint density at radius 3 is 1.28 bits per heavy atom. The molecule has 0 saturated carbocycles.